The van der Waals surface area contributed by atoms with Gasteiger partial charge in [-0.25, -0.2) is 0 Å². The lowest BCUT2D eigenvalue weighted by Gasteiger charge is -2.18. The third-order valence-electron chi connectivity index (χ3n) is 2.92. The number of carbonyl (C=O) groups excluding carboxylic acids is 1. The van der Waals surface area contributed by atoms with Gasteiger partial charge < -0.3 is 14.6 Å². The molecule has 102 valence electrons. The summed E-state index contributed by atoms with van der Waals surface area (Å²) in [6.45, 7) is 2.74. The van der Waals surface area contributed by atoms with Gasteiger partial charge in [0.1, 0.15) is 13.2 Å². The molecule has 1 unspecified atom stereocenters. The number of hydrogen-bond acceptors (Lipinski definition) is 4. The second kappa shape index (κ2) is 5.73. The van der Waals surface area contributed by atoms with E-state index in [-0.39, 0.29) is 24.5 Å². The van der Waals surface area contributed by atoms with Crippen LogP contribution in [0, 0.1) is 5.92 Å². The fraction of sp³-hybridized carbons (Fsp3) is 0.429. The number of ether oxygens (including phenoxy) is 2. The highest BCUT2D eigenvalue weighted by Gasteiger charge is 2.17. The molecule has 1 aliphatic rings. The van der Waals surface area contributed by atoms with Crippen LogP contribution in [-0.4, -0.2) is 30.1 Å². The zero-order valence-corrected chi connectivity index (χ0v) is 10.7. The lowest BCUT2D eigenvalue weighted by molar-refractivity contribution is -0.137. The first-order chi connectivity index (χ1) is 9.06. The maximum atomic E-state index is 12.0. The highest BCUT2D eigenvalue weighted by atomic mass is 16.6. The van der Waals surface area contributed by atoms with Crippen LogP contribution in [-0.2, 0) is 4.79 Å². The van der Waals surface area contributed by atoms with Crippen molar-refractivity contribution in [3.8, 4) is 11.5 Å². The summed E-state index contributed by atoms with van der Waals surface area (Å²) >= 11 is 0. The third-order valence-corrected chi connectivity index (χ3v) is 2.92. The van der Waals surface area contributed by atoms with E-state index in [4.69, 9.17) is 14.6 Å². The molecule has 0 spiro atoms. The number of hydrogen-bond donors (Lipinski definition) is 1. The van der Waals surface area contributed by atoms with E-state index in [0.29, 0.717) is 30.3 Å². The van der Waals surface area contributed by atoms with Crippen molar-refractivity contribution in [2.24, 2.45) is 5.92 Å². The zero-order valence-electron chi connectivity index (χ0n) is 10.7. The van der Waals surface area contributed by atoms with Gasteiger partial charge in [-0.1, -0.05) is 6.92 Å². The van der Waals surface area contributed by atoms with E-state index in [0.717, 1.165) is 0 Å². The molecule has 0 amide bonds. The van der Waals surface area contributed by atoms with Gasteiger partial charge in [0.05, 0.1) is 0 Å². The molecule has 0 aromatic heterocycles. The summed E-state index contributed by atoms with van der Waals surface area (Å²) < 4.78 is 10.8. The van der Waals surface area contributed by atoms with Crippen molar-refractivity contribution < 1.29 is 24.2 Å². The lowest BCUT2D eigenvalue weighted by atomic mass is 9.97. The molecule has 0 fully saturated rings. The third kappa shape index (κ3) is 3.47. The quantitative estimate of drug-likeness (QED) is 0.825. The Morgan fingerprint density at radius 3 is 2.58 bits per heavy atom. The van der Waals surface area contributed by atoms with Crippen molar-refractivity contribution in [2.75, 3.05) is 13.2 Å². The predicted molar refractivity (Wildman–Crippen MR) is 67.8 cm³/mol. The highest BCUT2D eigenvalue weighted by molar-refractivity contribution is 5.97. The van der Waals surface area contributed by atoms with Crippen molar-refractivity contribution in [3.63, 3.8) is 0 Å². The summed E-state index contributed by atoms with van der Waals surface area (Å²) in [5.74, 6) is 0.0655. The molecule has 1 aromatic rings. The second-order valence-corrected chi connectivity index (χ2v) is 4.69. The number of carboxylic acids is 1. The standard InChI is InChI=1S/C14H16O5/c1-9(7-14(16)17)6-11(15)10-2-3-12-13(8-10)19-5-4-18-12/h2-3,8-9H,4-7H2,1H3,(H,16,17). The van der Waals surface area contributed by atoms with Crippen molar-refractivity contribution in [1.82, 2.24) is 0 Å². The lowest BCUT2D eigenvalue weighted by Crippen LogP contribution is -2.16. The van der Waals surface area contributed by atoms with Gasteiger partial charge in [-0.05, 0) is 24.1 Å². The van der Waals surface area contributed by atoms with Crippen LogP contribution < -0.4 is 9.47 Å². The van der Waals surface area contributed by atoms with Crippen molar-refractivity contribution in [3.05, 3.63) is 23.8 Å². The van der Waals surface area contributed by atoms with Gasteiger partial charge in [0, 0.05) is 18.4 Å². The van der Waals surface area contributed by atoms with Crippen LogP contribution in [0.5, 0.6) is 11.5 Å². The van der Waals surface area contributed by atoms with Crippen LogP contribution >= 0.6 is 0 Å². The smallest absolute Gasteiger partial charge is 0.303 e. The van der Waals surface area contributed by atoms with Crippen LogP contribution in [0.3, 0.4) is 0 Å². The van der Waals surface area contributed by atoms with Crippen LogP contribution in [0.25, 0.3) is 0 Å². The van der Waals surface area contributed by atoms with Crippen LogP contribution in [0.1, 0.15) is 30.1 Å². The van der Waals surface area contributed by atoms with Gasteiger partial charge in [0.25, 0.3) is 0 Å². The first-order valence-corrected chi connectivity index (χ1v) is 6.21. The van der Waals surface area contributed by atoms with Gasteiger partial charge in [-0.15, -0.1) is 0 Å². The molecule has 1 atom stereocenters. The number of carboxylic acid groups (broad SMARTS) is 1. The van der Waals surface area contributed by atoms with Crippen molar-refractivity contribution in [1.29, 1.82) is 0 Å². The highest BCUT2D eigenvalue weighted by Crippen LogP contribution is 2.31. The van der Waals surface area contributed by atoms with E-state index in [2.05, 4.69) is 0 Å². The normalized spacial score (nSPS) is 14.8. The van der Waals surface area contributed by atoms with Gasteiger partial charge in [-0.2, -0.15) is 0 Å². The number of Topliss-reactive ketones (excluding diaryl/α,β-unsaturated/α-hetero) is 1. The summed E-state index contributed by atoms with van der Waals surface area (Å²) in [4.78, 5) is 22.6. The molecule has 1 N–H and O–H groups in total. The van der Waals surface area contributed by atoms with Crippen LogP contribution in [0.2, 0.25) is 0 Å². The van der Waals surface area contributed by atoms with Crippen LogP contribution in [0.15, 0.2) is 18.2 Å². The number of rotatable bonds is 5. The Balaban J connectivity index is 2.05. The molecular formula is C14H16O5. The number of ketones is 1. The summed E-state index contributed by atoms with van der Waals surface area (Å²) in [5, 5.41) is 8.68. The van der Waals surface area contributed by atoms with E-state index in [9.17, 15) is 9.59 Å². The van der Waals surface area contributed by atoms with Gasteiger partial charge in [0.15, 0.2) is 17.3 Å². The maximum Gasteiger partial charge on any atom is 0.303 e. The molecule has 19 heavy (non-hydrogen) atoms. The second-order valence-electron chi connectivity index (χ2n) is 4.69. The van der Waals surface area contributed by atoms with Gasteiger partial charge in [0.2, 0.25) is 0 Å². The van der Waals surface area contributed by atoms with E-state index >= 15 is 0 Å². The molecule has 0 saturated carbocycles. The Morgan fingerprint density at radius 2 is 1.89 bits per heavy atom. The first kappa shape index (κ1) is 13.4. The fourth-order valence-electron chi connectivity index (χ4n) is 2.02. The van der Waals surface area contributed by atoms with E-state index < -0.39 is 5.97 Å². The predicted octanol–water partition coefficient (Wildman–Crippen LogP) is 2.14. The topological polar surface area (TPSA) is 72.8 Å². The molecule has 0 aliphatic carbocycles. The maximum absolute atomic E-state index is 12.0. The summed E-state index contributed by atoms with van der Waals surface area (Å²) in [6, 6.07) is 5.05. The van der Waals surface area contributed by atoms with Crippen molar-refractivity contribution >= 4 is 11.8 Å². The Hall–Kier alpha value is -2.04. The molecule has 0 radical (unpaired) electrons. The minimum Gasteiger partial charge on any atom is -0.486 e. The summed E-state index contributed by atoms with van der Waals surface area (Å²) in [5.41, 5.74) is 0.529. The average Bonchev–Trinajstić information content (AvgIpc) is 2.37. The average molecular weight is 264 g/mol. The summed E-state index contributed by atoms with van der Waals surface area (Å²) in [6.07, 6.45) is 0.211. The van der Waals surface area contributed by atoms with E-state index in [1.807, 2.05) is 0 Å². The zero-order chi connectivity index (χ0) is 13.8. The Kier molecular flexibility index (Phi) is 4.04. The molecule has 1 aliphatic heterocycles. The number of carbonyl (C=O) groups is 2. The first-order valence-electron chi connectivity index (χ1n) is 6.21. The Bertz CT molecular complexity index is 495. The van der Waals surface area contributed by atoms with Gasteiger partial charge >= 0.3 is 5.97 Å². The number of fused-ring (bicyclic) bond motifs is 1. The Morgan fingerprint density at radius 1 is 1.21 bits per heavy atom. The Labute approximate surface area is 111 Å². The molecular weight excluding hydrogens is 248 g/mol. The molecule has 5 heteroatoms. The molecule has 1 aromatic carbocycles. The van der Waals surface area contributed by atoms with Gasteiger partial charge in [-0.3, -0.25) is 9.59 Å². The fourth-order valence-corrected chi connectivity index (χ4v) is 2.02. The van der Waals surface area contributed by atoms with E-state index in [1.165, 1.54) is 0 Å². The molecule has 0 bridgehead atoms. The largest absolute Gasteiger partial charge is 0.486 e. The van der Waals surface area contributed by atoms with Crippen LogP contribution in [0.4, 0.5) is 0 Å². The monoisotopic (exact) mass is 264 g/mol. The number of benzene rings is 1. The number of aliphatic carboxylic acids is 1. The molecule has 5 nitrogen and oxygen atoms in total. The van der Waals surface area contributed by atoms with Crippen molar-refractivity contribution in [2.45, 2.75) is 19.8 Å². The summed E-state index contributed by atoms with van der Waals surface area (Å²) in [7, 11) is 0. The SMILES string of the molecule is CC(CC(=O)O)CC(=O)c1ccc2c(c1)OCCO2. The minimum absolute atomic E-state index is 0.00368. The minimum atomic E-state index is -0.887. The molecule has 1 heterocycles. The molecule has 2 rings (SSSR count). The van der Waals surface area contributed by atoms with E-state index in [1.54, 1.807) is 25.1 Å². The molecule has 0 saturated heterocycles.